The fraction of sp³-hybridized carbons (Fsp3) is 0.167. The third-order valence-corrected chi connectivity index (χ3v) is 3.62. The smallest absolute Gasteiger partial charge is 0.172 e. The number of aryl methyl sites for hydroxylation is 2. The lowest BCUT2D eigenvalue weighted by Gasteiger charge is -2.12. The van der Waals surface area contributed by atoms with E-state index in [2.05, 4.69) is 16.4 Å². The van der Waals surface area contributed by atoms with Crippen LogP contribution in [0.25, 0.3) is 16.9 Å². The molecule has 0 aliphatic carbocycles. The summed E-state index contributed by atoms with van der Waals surface area (Å²) in [7, 11) is 1.60. The Morgan fingerprint density at radius 2 is 1.78 bits per heavy atom. The Balaban J connectivity index is 2.28. The fourth-order valence-corrected chi connectivity index (χ4v) is 2.72. The molecule has 0 aliphatic rings. The second-order valence-corrected chi connectivity index (χ2v) is 5.40. The predicted molar refractivity (Wildman–Crippen MR) is 88.2 cm³/mol. The van der Waals surface area contributed by atoms with Crippen LogP contribution in [0.5, 0.6) is 5.75 Å². The summed E-state index contributed by atoms with van der Waals surface area (Å²) in [4.78, 5) is 11.4. The molecule has 116 valence electrons. The van der Waals surface area contributed by atoms with Gasteiger partial charge >= 0.3 is 0 Å². The van der Waals surface area contributed by atoms with Crippen LogP contribution < -0.4 is 4.74 Å². The van der Waals surface area contributed by atoms with Crippen molar-refractivity contribution in [3.8, 4) is 22.7 Å². The van der Waals surface area contributed by atoms with Crippen molar-refractivity contribution in [3.05, 3.63) is 59.3 Å². The number of aldehydes is 1. The van der Waals surface area contributed by atoms with Gasteiger partial charge in [-0.15, -0.1) is 5.10 Å². The third kappa shape index (κ3) is 2.73. The second kappa shape index (κ2) is 6.04. The zero-order valence-corrected chi connectivity index (χ0v) is 13.3. The average Bonchev–Trinajstić information content (AvgIpc) is 2.97. The van der Waals surface area contributed by atoms with Gasteiger partial charge in [0.1, 0.15) is 11.4 Å². The highest BCUT2D eigenvalue weighted by Gasteiger charge is 2.19. The number of aromatic nitrogens is 3. The number of hydrogen-bond acceptors (Lipinski definition) is 4. The number of benzene rings is 2. The van der Waals surface area contributed by atoms with Gasteiger partial charge in [-0.25, -0.2) is 4.68 Å². The van der Waals surface area contributed by atoms with Gasteiger partial charge in [-0.2, -0.15) is 0 Å². The van der Waals surface area contributed by atoms with E-state index in [-0.39, 0.29) is 5.69 Å². The number of ether oxygens (including phenoxy) is 1. The van der Waals surface area contributed by atoms with Gasteiger partial charge in [0.05, 0.1) is 12.8 Å². The van der Waals surface area contributed by atoms with Crippen LogP contribution in [0.1, 0.15) is 21.6 Å². The van der Waals surface area contributed by atoms with E-state index in [1.54, 1.807) is 11.8 Å². The van der Waals surface area contributed by atoms with Gasteiger partial charge in [-0.1, -0.05) is 23.4 Å². The van der Waals surface area contributed by atoms with Crippen molar-refractivity contribution in [2.45, 2.75) is 13.8 Å². The highest BCUT2D eigenvalue weighted by Crippen LogP contribution is 2.32. The maximum Gasteiger partial charge on any atom is 0.172 e. The van der Waals surface area contributed by atoms with Crippen LogP contribution in [0.15, 0.2) is 42.5 Å². The van der Waals surface area contributed by atoms with E-state index in [1.807, 2.05) is 50.2 Å². The zero-order valence-electron chi connectivity index (χ0n) is 13.3. The van der Waals surface area contributed by atoms with Gasteiger partial charge in [0, 0.05) is 5.56 Å². The Hall–Kier alpha value is -2.95. The molecule has 0 fully saturated rings. The van der Waals surface area contributed by atoms with Crippen molar-refractivity contribution in [3.63, 3.8) is 0 Å². The minimum atomic E-state index is 0.286. The SMILES string of the molecule is COc1ccccc1-c1c(C=O)nnn1-c1cc(C)cc(C)c1. The molecule has 0 N–H and O–H groups in total. The zero-order chi connectivity index (χ0) is 16.4. The highest BCUT2D eigenvalue weighted by molar-refractivity contribution is 5.86. The molecule has 0 atom stereocenters. The van der Waals surface area contributed by atoms with Crippen molar-refractivity contribution >= 4 is 6.29 Å². The molecule has 0 radical (unpaired) electrons. The molecule has 0 aliphatic heterocycles. The molecule has 1 aromatic heterocycles. The molecular weight excluding hydrogens is 290 g/mol. The first-order valence-corrected chi connectivity index (χ1v) is 7.27. The minimum absolute atomic E-state index is 0.286. The lowest BCUT2D eigenvalue weighted by Crippen LogP contribution is -2.02. The maximum absolute atomic E-state index is 11.4. The predicted octanol–water partition coefficient (Wildman–Crippen LogP) is 3.37. The van der Waals surface area contributed by atoms with E-state index in [9.17, 15) is 4.79 Å². The van der Waals surface area contributed by atoms with Crippen molar-refractivity contribution < 1.29 is 9.53 Å². The van der Waals surface area contributed by atoms with Gasteiger partial charge in [0.15, 0.2) is 12.0 Å². The first-order chi connectivity index (χ1) is 11.1. The normalized spacial score (nSPS) is 10.6. The molecule has 5 heteroatoms. The molecule has 0 spiro atoms. The lowest BCUT2D eigenvalue weighted by atomic mass is 10.1. The van der Waals surface area contributed by atoms with Crippen molar-refractivity contribution in [2.24, 2.45) is 0 Å². The molecule has 3 rings (SSSR count). The van der Waals surface area contributed by atoms with Gasteiger partial charge < -0.3 is 4.74 Å². The van der Waals surface area contributed by atoms with E-state index >= 15 is 0 Å². The first kappa shape index (κ1) is 15.0. The van der Waals surface area contributed by atoms with Crippen LogP contribution in [0.4, 0.5) is 0 Å². The van der Waals surface area contributed by atoms with Crippen LogP contribution in [-0.4, -0.2) is 28.4 Å². The number of carbonyl (C=O) groups is 1. The average molecular weight is 307 g/mol. The van der Waals surface area contributed by atoms with E-state index < -0.39 is 0 Å². The molecule has 0 saturated heterocycles. The molecule has 5 nitrogen and oxygen atoms in total. The largest absolute Gasteiger partial charge is 0.496 e. The monoisotopic (exact) mass is 307 g/mol. The summed E-state index contributed by atoms with van der Waals surface area (Å²) in [6, 6.07) is 13.6. The van der Waals surface area contributed by atoms with Crippen LogP contribution in [0, 0.1) is 13.8 Å². The number of methoxy groups -OCH3 is 1. The van der Waals surface area contributed by atoms with E-state index in [0.717, 1.165) is 22.4 Å². The van der Waals surface area contributed by atoms with E-state index in [4.69, 9.17) is 4.74 Å². The van der Waals surface area contributed by atoms with Crippen LogP contribution in [-0.2, 0) is 0 Å². The maximum atomic E-state index is 11.4. The fourth-order valence-electron chi connectivity index (χ4n) is 2.72. The molecule has 1 heterocycles. The summed E-state index contributed by atoms with van der Waals surface area (Å²) in [5.74, 6) is 0.670. The number of rotatable bonds is 4. The summed E-state index contributed by atoms with van der Waals surface area (Å²) in [6.45, 7) is 4.05. The van der Waals surface area contributed by atoms with E-state index in [0.29, 0.717) is 17.7 Å². The molecular formula is C18H17N3O2. The quantitative estimate of drug-likeness (QED) is 0.693. The van der Waals surface area contributed by atoms with E-state index in [1.165, 1.54) is 0 Å². The van der Waals surface area contributed by atoms with Gasteiger partial charge in [-0.05, 0) is 49.2 Å². The molecule has 0 saturated carbocycles. The van der Waals surface area contributed by atoms with Crippen molar-refractivity contribution in [1.82, 2.24) is 15.0 Å². The van der Waals surface area contributed by atoms with Gasteiger partial charge in [0.2, 0.25) is 0 Å². The summed E-state index contributed by atoms with van der Waals surface area (Å²) < 4.78 is 7.10. The standard InChI is InChI=1S/C18H17N3O2/c1-12-8-13(2)10-14(9-12)21-18(16(11-22)19-20-21)15-6-4-5-7-17(15)23-3/h4-11H,1-3H3. The number of para-hydroxylation sites is 1. The topological polar surface area (TPSA) is 57.0 Å². The minimum Gasteiger partial charge on any atom is -0.496 e. The molecule has 23 heavy (non-hydrogen) atoms. The number of nitrogens with zero attached hydrogens (tertiary/aromatic N) is 3. The Bertz CT molecular complexity index is 848. The lowest BCUT2D eigenvalue weighted by molar-refractivity contribution is 0.111. The van der Waals surface area contributed by atoms with Crippen LogP contribution >= 0.6 is 0 Å². The van der Waals surface area contributed by atoms with Crippen LogP contribution in [0.2, 0.25) is 0 Å². The number of carbonyl (C=O) groups excluding carboxylic acids is 1. The van der Waals surface area contributed by atoms with Crippen molar-refractivity contribution in [1.29, 1.82) is 0 Å². The molecule has 3 aromatic rings. The number of hydrogen-bond donors (Lipinski definition) is 0. The highest BCUT2D eigenvalue weighted by atomic mass is 16.5. The van der Waals surface area contributed by atoms with Gasteiger partial charge in [0.25, 0.3) is 0 Å². The van der Waals surface area contributed by atoms with Gasteiger partial charge in [-0.3, -0.25) is 4.79 Å². The summed E-state index contributed by atoms with van der Waals surface area (Å²) in [6.07, 6.45) is 0.716. The van der Waals surface area contributed by atoms with Crippen LogP contribution in [0.3, 0.4) is 0 Å². The Morgan fingerprint density at radius 3 is 2.43 bits per heavy atom. The Morgan fingerprint density at radius 1 is 1.09 bits per heavy atom. The molecule has 0 unspecified atom stereocenters. The van der Waals surface area contributed by atoms with Crippen molar-refractivity contribution in [2.75, 3.05) is 7.11 Å². The molecule has 0 amide bonds. The summed E-state index contributed by atoms with van der Waals surface area (Å²) in [5.41, 5.74) is 4.80. The molecule has 2 aromatic carbocycles. The first-order valence-electron chi connectivity index (χ1n) is 7.27. The Labute approximate surface area is 134 Å². The summed E-state index contributed by atoms with van der Waals surface area (Å²) >= 11 is 0. The summed E-state index contributed by atoms with van der Waals surface area (Å²) in [5, 5.41) is 8.18. The second-order valence-electron chi connectivity index (χ2n) is 5.40. The Kier molecular flexibility index (Phi) is 3.93. The molecule has 0 bridgehead atoms. The third-order valence-electron chi connectivity index (χ3n) is 3.62.